The number of esters is 2. The molecule has 1 saturated heterocycles. The van der Waals surface area contributed by atoms with Crippen LogP contribution in [0, 0.1) is 34.0 Å². The predicted molar refractivity (Wildman–Crippen MR) is 148 cm³/mol. The van der Waals surface area contributed by atoms with Crippen LogP contribution in [0.25, 0.3) is 0 Å². The molecule has 3 saturated carbocycles. The standard InChI is InChI=1S/C33H42O8/c1-8-18(4)29(36)40-28-27(39-19(5)34)32-16-33(28,37)41-23-14-30(6)21(20-11-12-38-15-20)9-10-24(30)31(7,26(23)32)25(35)13-22(32)17(2)3/h8,10-12,15,17,21-23,26-28,37H,9,13-14,16H2,1-7H3/b18-8+/t21-,22-,23-,26-,27-,28-,30-,31+,32-,33+/m0/s1. The minimum absolute atomic E-state index is 0.0424. The molecule has 8 nitrogen and oxygen atoms in total. The molecule has 4 fully saturated rings. The minimum atomic E-state index is -1.87. The number of rotatable bonds is 5. The summed E-state index contributed by atoms with van der Waals surface area (Å²) in [4.78, 5) is 40.3. The molecule has 1 spiro atoms. The molecule has 2 heterocycles. The highest BCUT2D eigenvalue weighted by molar-refractivity contribution is 5.91. The highest BCUT2D eigenvalue weighted by Crippen LogP contribution is 2.76. The van der Waals surface area contributed by atoms with Crippen LogP contribution in [0.1, 0.15) is 85.6 Å². The average molecular weight is 567 g/mol. The zero-order valence-electron chi connectivity index (χ0n) is 25.1. The van der Waals surface area contributed by atoms with Gasteiger partial charge in [-0.3, -0.25) is 9.59 Å². The Morgan fingerprint density at radius 3 is 2.51 bits per heavy atom. The second-order valence-electron chi connectivity index (χ2n) is 13.9. The Labute approximate surface area is 241 Å². The Bertz CT molecular complexity index is 1340. The van der Waals surface area contributed by atoms with Crippen LogP contribution in [-0.4, -0.2) is 46.9 Å². The summed E-state index contributed by atoms with van der Waals surface area (Å²) < 4.78 is 24.2. The van der Waals surface area contributed by atoms with Gasteiger partial charge in [0.15, 0.2) is 12.2 Å². The Kier molecular flexibility index (Phi) is 6.34. The van der Waals surface area contributed by atoms with Gasteiger partial charge in [-0.25, -0.2) is 4.79 Å². The van der Waals surface area contributed by atoms with Gasteiger partial charge in [-0.2, -0.15) is 0 Å². The number of hydrogen-bond acceptors (Lipinski definition) is 8. The Balaban J connectivity index is 1.56. The van der Waals surface area contributed by atoms with Crippen molar-refractivity contribution in [3.05, 3.63) is 47.5 Å². The predicted octanol–water partition coefficient (Wildman–Crippen LogP) is 5.26. The molecule has 222 valence electrons. The SMILES string of the molecule is C/C=C(\C)C(=O)O[C@H]1[C@H](OC(C)=O)[C@@]23C[C@@]1(O)O[C@H]1C[C@]4(C)C(=CC[C@H]4c4ccoc4)[C@](C)(C(=O)C[C@H]2C(C)C)[C@H]13. The second kappa shape index (κ2) is 9.14. The van der Waals surface area contributed by atoms with Gasteiger partial charge in [0.05, 0.1) is 24.0 Å². The monoisotopic (exact) mass is 566 g/mol. The summed E-state index contributed by atoms with van der Waals surface area (Å²) >= 11 is 0. The summed E-state index contributed by atoms with van der Waals surface area (Å²) in [7, 11) is 0. The molecule has 4 aliphatic carbocycles. The van der Waals surface area contributed by atoms with Crippen LogP contribution in [0.2, 0.25) is 0 Å². The number of Topliss-reactive ketones (excluding diaryl/α,β-unsaturated/α-hetero) is 1. The number of allylic oxidation sites excluding steroid dienone is 3. The first-order valence-corrected chi connectivity index (χ1v) is 14.9. The van der Waals surface area contributed by atoms with Gasteiger partial charge in [-0.15, -0.1) is 0 Å². The van der Waals surface area contributed by atoms with E-state index in [9.17, 15) is 19.5 Å². The lowest BCUT2D eigenvalue weighted by molar-refractivity contribution is -0.322. The van der Waals surface area contributed by atoms with E-state index >= 15 is 0 Å². The topological polar surface area (TPSA) is 112 Å². The van der Waals surface area contributed by atoms with Crippen molar-refractivity contribution in [3.63, 3.8) is 0 Å². The number of aliphatic hydroxyl groups is 1. The summed E-state index contributed by atoms with van der Waals surface area (Å²) in [5.74, 6) is -3.29. The number of carbonyl (C=O) groups excluding carboxylic acids is 3. The fourth-order valence-corrected chi connectivity index (χ4v) is 10.0. The van der Waals surface area contributed by atoms with E-state index in [0.29, 0.717) is 12.0 Å². The van der Waals surface area contributed by atoms with Crippen molar-refractivity contribution >= 4 is 17.7 Å². The van der Waals surface area contributed by atoms with Gasteiger partial charge in [0.1, 0.15) is 5.78 Å². The Hall–Kier alpha value is -2.71. The van der Waals surface area contributed by atoms with Gasteiger partial charge in [-0.1, -0.05) is 38.5 Å². The van der Waals surface area contributed by atoms with Gasteiger partial charge in [-0.05, 0) is 68.4 Å². The fourth-order valence-electron chi connectivity index (χ4n) is 10.0. The van der Waals surface area contributed by atoms with Gasteiger partial charge in [0, 0.05) is 36.7 Å². The van der Waals surface area contributed by atoms with Crippen LogP contribution in [0.15, 0.2) is 46.3 Å². The number of hydrogen-bond donors (Lipinski definition) is 1. The molecule has 1 aliphatic heterocycles. The van der Waals surface area contributed by atoms with Crippen molar-refractivity contribution in [1.82, 2.24) is 0 Å². The van der Waals surface area contributed by atoms with Gasteiger partial charge >= 0.3 is 11.9 Å². The molecule has 41 heavy (non-hydrogen) atoms. The minimum Gasteiger partial charge on any atom is -0.472 e. The summed E-state index contributed by atoms with van der Waals surface area (Å²) in [6, 6.07) is 1.98. The van der Waals surface area contributed by atoms with Crippen LogP contribution in [-0.2, 0) is 28.6 Å². The number of ketones is 1. The molecule has 1 aromatic heterocycles. The molecule has 6 rings (SSSR count). The third-order valence-corrected chi connectivity index (χ3v) is 11.6. The molecule has 10 atom stereocenters. The Morgan fingerprint density at radius 2 is 1.90 bits per heavy atom. The lowest BCUT2D eigenvalue weighted by Crippen LogP contribution is -2.69. The molecule has 2 bridgehead atoms. The summed E-state index contributed by atoms with van der Waals surface area (Å²) in [6.07, 6.45) is 6.34. The highest BCUT2D eigenvalue weighted by atomic mass is 16.7. The van der Waals surface area contributed by atoms with Crippen LogP contribution < -0.4 is 0 Å². The lowest BCUT2D eigenvalue weighted by atomic mass is 9.39. The van der Waals surface area contributed by atoms with Crippen molar-refractivity contribution in [1.29, 1.82) is 0 Å². The average Bonchev–Trinajstić information content (AvgIpc) is 3.57. The summed E-state index contributed by atoms with van der Waals surface area (Å²) in [5, 5.41) is 12.3. The molecular weight excluding hydrogens is 524 g/mol. The van der Waals surface area contributed by atoms with Crippen molar-refractivity contribution in [2.24, 2.45) is 34.0 Å². The fraction of sp³-hybridized carbons (Fsp3) is 0.667. The smallest absolute Gasteiger partial charge is 0.333 e. The molecular formula is C33H42O8. The quantitative estimate of drug-likeness (QED) is 0.292. The number of fused-ring (bicyclic) bond motifs is 3. The highest BCUT2D eigenvalue weighted by Gasteiger charge is 2.82. The van der Waals surface area contributed by atoms with E-state index in [1.807, 2.05) is 13.0 Å². The van der Waals surface area contributed by atoms with E-state index in [0.717, 1.165) is 17.6 Å². The second-order valence-corrected chi connectivity index (χ2v) is 13.9. The van der Waals surface area contributed by atoms with Crippen LogP contribution in [0.4, 0.5) is 0 Å². The van der Waals surface area contributed by atoms with E-state index in [4.69, 9.17) is 18.6 Å². The maximum absolute atomic E-state index is 14.5. The van der Waals surface area contributed by atoms with E-state index in [-0.39, 0.29) is 42.3 Å². The normalized spacial score (nSPS) is 44.8. The van der Waals surface area contributed by atoms with Crippen molar-refractivity contribution in [3.8, 4) is 0 Å². The van der Waals surface area contributed by atoms with E-state index in [2.05, 4.69) is 26.8 Å². The van der Waals surface area contributed by atoms with E-state index < -0.39 is 52.3 Å². The third-order valence-electron chi connectivity index (χ3n) is 11.6. The summed E-state index contributed by atoms with van der Waals surface area (Å²) in [6.45, 7) is 13.1. The Morgan fingerprint density at radius 1 is 1.17 bits per heavy atom. The van der Waals surface area contributed by atoms with Crippen LogP contribution in [0.3, 0.4) is 0 Å². The van der Waals surface area contributed by atoms with E-state index in [1.165, 1.54) is 6.92 Å². The molecule has 0 unspecified atom stereocenters. The molecule has 8 heteroatoms. The molecule has 0 radical (unpaired) electrons. The maximum Gasteiger partial charge on any atom is 0.333 e. The molecule has 5 aliphatic rings. The molecule has 0 aromatic carbocycles. The molecule has 1 N–H and O–H groups in total. The van der Waals surface area contributed by atoms with Crippen LogP contribution >= 0.6 is 0 Å². The maximum atomic E-state index is 14.5. The van der Waals surface area contributed by atoms with Crippen LogP contribution in [0.5, 0.6) is 0 Å². The third kappa shape index (κ3) is 3.62. The first-order valence-electron chi connectivity index (χ1n) is 14.9. The van der Waals surface area contributed by atoms with Gasteiger partial charge in [0.25, 0.3) is 0 Å². The zero-order chi connectivity index (χ0) is 29.7. The van der Waals surface area contributed by atoms with Gasteiger partial charge < -0.3 is 23.7 Å². The molecule has 1 aromatic rings. The van der Waals surface area contributed by atoms with Crippen molar-refractivity contribution < 1.29 is 38.1 Å². The van der Waals surface area contributed by atoms with Crippen molar-refractivity contribution in [2.45, 2.75) is 104 Å². The van der Waals surface area contributed by atoms with Gasteiger partial charge in [0.2, 0.25) is 5.79 Å². The van der Waals surface area contributed by atoms with E-state index in [1.54, 1.807) is 32.4 Å². The molecule has 0 amide bonds. The summed E-state index contributed by atoms with van der Waals surface area (Å²) in [5.41, 5.74) is 0.391. The zero-order valence-corrected chi connectivity index (χ0v) is 25.1. The first-order chi connectivity index (χ1) is 19.2. The lowest BCUT2D eigenvalue weighted by Gasteiger charge is -2.66. The first kappa shape index (κ1) is 28.4. The number of furan rings is 1. The largest absolute Gasteiger partial charge is 0.472 e. The number of ether oxygens (including phenoxy) is 3. The van der Waals surface area contributed by atoms with Crippen molar-refractivity contribution in [2.75, 3.05) is 0 Å². The number of carbonyl (C=O) groups is 3.